The van der Waals surface area contributed by atoms with Crippen molar-refractivity contribution in [2.45, 2.75) is 6.92 Å². The Hall–Kier alpha value is -5.19. The van der Waals surface area contributed by atoms with Gasteiger partial charge in [0, 0.05) is 47.4 Å². The minimum atomic E-state index is -0.737. The van der Waals surface area contributed by atoms with Gasteiger partial charge in [0.1, 0.15) is 16.8 Å². The molecular formula is C27H21FN4O6. The number of hydrogen-bond donors (Lipinski definition) is 2. The maximum atomic E-state index is 15.0. The van der Waals surface area contributed by atoms with Crippen molar-refractivity contribution in [1.82, 2.24) is 15.0 Å². The third kappa shape index (κ3) is 4.52. The molecule has 5 rings (SSSR count). The van der Waals surface area contributed by atoms with Crippen LogP contribution in [0.2, 0.25) is 0 Å². The molecule has 4 heterocycles. The first-order valence-corrected chi connectivity index (χ1v) is 11.3. The number of halogens is 1. The molecule has 0 unspecified atom stereocenters. The molecule has 0 saturated heterocycles. The van der Waals surface area contributed by atoms with E-state index in [0.717, 1.165) is 6.07 Å². The number of aromatic hydroxyl groups is 1. The summed E-state index contributed by atoms with van der Waals surface area (Å²) in [6.07, 6.45) is 5.81. The predicted molar refractivity (Wildman–Crippen MR) is 135 cm³/mol. The van der Waals surface area contributed by atoms with Gasteiger partial charge in [0.25, 0.3) is 11.8 Å². The second kappa shape index (κ2) is 10.1. The fourth-order valence-electron chi connectivity index (χ4n) is 3.85. The summed E-state index contributed by atoms with van der Waals surface area (Å²) in [7, 11) is 2.93. The van der Waals surface area contributed by atoms with E-state index in [1.54, 1.807) is 25.1 Å². The molecule has 11 heteroatoms. The lowest BCUT2D eigenvalue weighted by Gasteiger charge is -2.13. The second-order valence-corrected chi connectivity index (χ2v) is 8.07. The van der Waals surface area contributed by atoms with Gasteiger partial charge in [-0.05, 0) is 25.1 Å². The van der Waals surface area contributed by atoms with Crippen molar-refractivity contribution in [2.75, 3.05) is 19.5 Å². The Bertz CT molecular complexity index is 1660. The summed E-state index contributed by atoms with van der Waals surface area (Å²) in [5.74, 6) is -0.898. The fraction of sp³-hybridized carbons (Fsp3) is 0.111. The summed E-state index contributed by atoms with van der Waals surface area (Å²) in [6.45, 7) is 1.59. The number of pyridine rings is 3. The molecule has 0 bridgehead atoms. The molecule has 0 saturated carbocycles. The van der Waals surface area contributed by atoms with Crippen LogP contribution in [0.15, 0.2) is 65.7 Å². The molecule has 4 aromatic heterocycles. The smallest absolute Gasteiger partial charge is 0.261 e. The van der Waals surface area contributed by atoms with Crippen molar-refractivity contribution in [3.8, 4) is 40.0 Å². The molecule has 0 aliphatic heterocycles. The molecule has 38 heavy (non-hydrogen) atoms. The van der Waals surface area contributed by atoms with Gasteiger partial charge in [-0.15, -0.1) is 0 Å². The first-order chi connectivity index (χ1) is 18.4. The van der Waals surface area contributed by atoms with E-state index in [9.17, 15) is 9.90 Å². The molecule has 1 aromatic carbocycles. The molecule has 0 spiro atoms. The van der Waals surface area contributed by atoms with Gasteiger partial charge in [-0.3, -0.25) is 14.8 Å². The number of furan rings is 1. The van der Waals surface area contributed by atoms with Crippen molar-refractivity contribution in [2.24, 2.45) is 0 Å². The minimum absolute atomic E-state index is 0.0388. The molecule has 0 atom stereocenters. The summed E-state index contributed by atoms with van der Waals surface area (Å²) in [4.78, 5) is 25.8. The zero-order valence-electron chi connectivity index (χ0n) is 20.5. The molecule has 192 valence electrons. The average Bonchev–Trinajstić information content (AvgIpc) is 3.44. The van der Waals surface area contributed by atoms with E-state index in [-0.39, 0.29) is 34.4 Å². The van der Waals surface area contributed by atoms with Gasteiger partial charge in [0.15, 0.2) is 23.1 Å². The lowest BCUT2D eigenvalue weighted by atomic mass is 10.0. The highest BCUT2D eigenvalue weighted by Gasteiger charge is 2.21. The standard InChI is InChI=1S/C27H21FN4O6/c1-14-23(25(33)17(12-30-14)15-7-9-37-13-15)26(34)31-16-4-5-20(18(28)10-16)38-21-6-8-29-19-11-22(35-2)27(36-3)32-24(19)21/h4-13H,1-3H3,(H,30,33)(H,31,34). The molecule has 0 radical (unpaired) electrons. The third-order valence-electron chi connectivity index (χ3n) is 5.73. The first-order valence-electron chi connectivity index (χ1n) is 11.3. The number of methoxy groups -OCH3 is 2. The number of carbonyl (C=O) groups excluding carboxylic acids is 1. The van der Waals surface area contributed by atoms with Crippen LogP contribution in [0.1, 0.15) is 16.1 Å². The lowest BCUT2D eigenvalue weighted by Crippen LogP contribution is -2.15. The number of benzene rings is 1. The number of hydrogen-bond acceptors (Lipinski definition) is 9. The maximum Gasteiger partial charge on any atom is 0.261 e. The van der Waals surface area contributed by atoms with Crippen LogP contribution in [-0.4, -0.2) is 40.2 Å². The van der Waals surface area contributed by atoms with Gasteiger partial charge in [-0.25, -0.2) is 9.37 Å². The summed E-state index contributed by atoms with van der Waals surface area (Å²) < 4.78 is 36.4. The third-order valence-corrected chi connectivity index (χ3v) is 5.73. The van der Waals surface area contributed by atoms with Crippen LogP contribution in [0.4, 0.5) is 10.1 Å². The van der Waals surface area contributed by atoms with Crippen LogP contribution >= 0.6 is 0 Å². The van der Waals surface area contributed by atoms with E-state index in [1.165, 1.54) is 51.3 Å². The average molecular weight is 516 g/mol. The minimum Gasteiger partial charge on any atom is -0.506 e. The number of ether oxygens (including phenoxy) is 3. The van der Waals surface area contributed by atoms with Crippen LogP contribution in [-0.2, 0) is 0 Å². The monoisotopic (exact) mass is 516 g/mol. The zero-order valence-corrected chi connectivity index (χ0v) is 20.5. The van der Waals surface area contributed by atoms with E-state index in [4.69, 9.17) is 18.6 Å². The molecule has 2 N–H and O–H groups in total. The number of fused-ring (bicyclic) bond motifs is 1. The highest BCUT2D eigenvalue weighted by atomic mass is 19.1. The van der Waals surface area contributed by atoms with E-state index in [0.29, 0.717) is 33.6 Å². The van der Waals surface area contributed by atoms with Gasteiger partial charge >= 0.3 is 0 Å². The normalized spacial score (nSPS) is 10.8. The number of nitrogens with zero attached hydrogens (tertiary/aromatic N) is 3. The van der Waals surface area contributed by atoms with Crippen molar-refractivity contribution in [1.29, 1.82) is 0 Å². The van der Waals surface area contributed by atoms with E-state index in [1.807, 2.05) is 0 Å². The first kappa shape index (κ1) is 24.5. The predicted octanol–water partition coefficient (Wildman–Crippen LogP) is 5.50. The number of rotatable bonds is 7. The van der Waals surface area contributed by atoms with E-state index in [2.05, 4.69) is 20.3 Å². The van der Waals surface area contributed by atoms with E-state index >= 15 is 4.39 Å². The fourth-order valence-corrected chi connectivity index (χ4v) is 3.85. The highest BCUT2D eigenvalue weighted by Crippen LogP contribution is 2.36. The van der Waals surface area contributed by atoms with Crippen LogP contribution in [0, 0.1) is 12.7 Å². The SMILES string of the molecule is COc1cc2nccc(Oc3ccc(NC(=O)c4c(C)ncc(-c5ccoc5)c4O)cc3F)c2nc1OC. The van der Waals surface area contributed by atoms with Crippen LogP contribution in [0.3, 0.4) is 0 Å². The summed E-state index contributed by atoms with van der Waals surface area (Å²) in [5, 5.41) is 13.3. The molecule has 0 fully saturated rings. The Morgan fingerprint density at radius 3 is 2.61 bits per heavy atom. The summed E-state index contributed by atoms with van der Waals surface area (Å²) >= 11 is 0. The Labute approximate surface area is 215 Å². The number of aromatic nitrogens is 3. The Balaban J connectivity index is 1.40. The van der Waals surface area contributed by atoms with Crippen LogP contribution in [0.25, 0.3) is 22.2 Å². The quantitative estimate of drug-likeness (QED) is 0.288. The number of anilines is 1. The number of amides is 1. The number of nitrogens with one attached hydrogen (secondary N) is 1. The van der Waals surface area contributed by atoms with Crippen molar-refractivity contribution in [3.63, 3.8) is 0 Å². The Morgan fingerprint density at radius 1 is 1.05 bits per heavy atom. The molecule has 5 aromatic rings. The van der Waals surface area contributed by atoms with Gasteiger partial charge < -0.3 is 29.1 Å². The van der Waals surface area contributed by atoms with Crippen LogP contribution in [0.5, 0.6) is 28.9 Å². The van der Waals surface area contributed by atoms with Gasteiger partial charge in [-0.2, -0.15) is 0 Å². The lowest BCUT2D eigenvalue weighted by molar-refractivity contribution is 0.102. The zero-order chi connectivity index (χ0) is 26.8. The van der Waals surface area contributed by atoms with E-state index < -0.39 is 11.7 Å². The molecule has 0 aliphatic carbocycles. The van der Waals surface area contributed by atoms with Crippen LogP contribution < -0.4 is 19.5 Å². The number of carbonyl (C=O) groups is 1. The van der Waals surface area contributed by atoms with Gasteiger partial charge in [-0.1, -0.05) is 0 Å². The van der Waals surface area contributed by atoms with Gasteiger partial charge in [0.05, 0.1) is 38.0 Å². The molecule has 0 aliphatic rings. The van der Waals surface area contributed by atoms with Crippen molar-refractivity contribution in [3.05, 3.63) is 78.4 Å². The molecule has 1 amide bonds. The summed E-state index contributed by atoms with van der Waals surface area (Å²) in [6, 6.07) is 8.75. The Morgan fingerprint density at radius 2 is 1.89 bits per heavy atom. The molecular weight excluding hydrogens is 495 g/mol. The summed E-state index contributed by atoms with van der Waals surface area (Å²) in [5.41, 5.74) is 2.11. The topological polar surface area (TPSA) is 129 Å². The van der Waals surface area contributed by atoms with Crippen molar-refractivity contribution >= 4 is 22.6 Å². The highest BCUT2D eigenvalue weighted by molar-refractivity contribution is 6.08. The largest absolute Gasteiger partial charge is 0.506 e. The second-order valence-electron chi connectivity index (χ2n) is 8.07. The Kier molecular flexibility index (Phi) is 6.48. The maximum absolute atomic E-state index is 15.0. The van der Waals surface area contributed by atoms with Crippen molar-refractivity contribution < 1.29 is 32.9 Å². The molecule has 10 nitrogen and oxygen atoms in total. The number of aryl methyl sites for hydroxylation is 1. The van der Waals surface area contributed by atoms with Gasteiger partial charge in [0.2, 0.25) is 0 Å².